The van der Waals surface area contributed by atoms with E-state index in [1.165, 1.54) is 12.1 Å². The van der Waals surface area contributed by atoms with E-state index in [9.17, 15) is 18.0 Å². The summed E-state index contributed by atoms with van der Waals surface area (Å²) in [4.78, 5) is 14.6. The number of carbonyl (C=O) groups is 1. The molecule has 160 valence electrons. The lowest BCUT2D eigenvalue weighted by molar-refractivity contribution is -0.137. The van der Waals surface area contributed by atoms with E-state index in [1.807, 2.05) is 6.07 Å². The topological polar surface area (TPSA) is 70.2 Å². The lowest BCUT2D eigenvalue weighted by atomic mass is 10.1. The number of amides is 1. The van der Waals surface area contributed by atoms with E-state index in [4.69, 9.17) is 0 Å². The summed E-state index contributed by atoms with van der Waals surface area (Å²) in [6, 6.07) is 13.2. The van der Waals surface area contributed by atoms with Gasteiger partial charge in [0.2, 0.25) is 0 Å². The lowest BCUT2D eigenvalue weighted by Crippen LogP contribution is -2.18. The van der Waals surface area contributed by atoms with Crippen molar-refractivity contribution >= 4 is 28.8 Å². The highest BCUT2D eigenvalue weighted by molar-refractivity contribution is 6.05. The van der Waals surface area contributed by atoms with Crippen LogP contribution in [0.2, 0.25) is 0 Å². The van der Waals surface area contributed by atoms with E-state index >= 15 is 0 Å². The quantitative estimate of drug-likeness (QED) is 0.594. The zero-order chi connectivity index (χ0) is 21.8. The molecule has 0 radical (unpaired) electrons. The highest BCUT2D eigenvalue weighted by Gasteiger charge is 2.34. The van der Waals surface area contributed by atoms with Crippen molar-refractivity contribution in [3.8, 4) is 0 Å². The Labute approximate surface area is 177 Å². The summed E-state index contributed by atoms with van der Waals surface area (Å²) in [5.74, 6) is -0.238. The van der Waals surface area contributed by atoms with Crippen LogP contribution in [-0.4, -0.2) is 29.2 Å². The Balaban J connectivity index is 1.44. The first-order valence-electron chi connectivity index (χ1n) is 9.82. The first-order valence-corrected chi connectivity index (χ1v) is 9.82. The fourth-order valence-corrected chi connectivity index (χ4v) is 3.48. The Bertz CT molecular complexity index is 1060. The van der Waals surface area contributed by atoms with Crippen LogP contribution in [0.25, 0.3) is 0 Å². The monoisotopic (exact) mass is 427 g/mol. The number of halogens is 3. The number of hydrogen-bond donors (Lipinski definition) is 2. The van der Waals surface area contributed by atoms with Crippen molar-refractivity contribution in [2.24, 2.45) is 0 Å². The van der Waals surface area contributed by atoms with E-state index in [0.717, 1.165) is 43.8 Å². The Morgan fingerprint density at radius 3 is 2.35 bits per heavy atom. The largest absolute Gasteiger partial charge is 0.417 e. The van der Waals surface area contributed by atoms with Crippen molar-refractivity contribution in [2.45, 2.75) is 19.0 Å². The van der Waals surface area contributed by atoms with Gasteiger partial charge in [-0.1, -0.05) is 12.1 Å². The number of nitrogens with zero attached hydrogens (tertiary/aromatic N) is 3. The van der Waals surface area contributed by atoms with Gasteiger partial charge >= 0.3 is 6.18 Å². The zero-order valence-electron chi connectivity index (χ0n) is 16.5. The van der Waals surface area contributed by atoms with E-state index < -0.39 is 23.2 Å². The number of alkyl halides is 3. The summed E-state index contributed by atoms with van der Waals surface area (Å²) in [5, 5.41) is 13.8. The number of carbonyl (C=O) groups excluding carboxylic acids is 1. The molecule has 4 rings (SSSR count). The van der Waals surface area contributed by atoms with Gasteiger partial charge < -0.3 is 15.5 Å². The molecule has 0 aliphatic carbocycles. The van der Waals surface area contributed by atoms with Gasteiger partial charge in [-0.3, -0.25) is 4.79 Å². The van der Waals surface area contributed by atoms with Gasteiger partial charge in [-0.05, 0) is 49.2 Å². The SMILES string of the molecule is O=C(Nc1ccc(Nc2cc(N3CCCC3)cnn2)cc1)c1ccccc1C(F)(F)F. The number of aromatic nitrogens is 2. The van der Waals surface area contributed by atoms with E-state index in [0.29, 0.717) is 17.2 Å². The molecule has 2 N–H and O–H groups in total. The molecule has 2 aromatic carbocycles. The van der Waals surface area contributed by atoms with Crippen molar-refractivity contribution in [3.05, 3.63) is 71.9 Å². The number of benzene rings is 2. The molecule has 2 heterocycles. The number of nitrogens with one attached hydrogen (secondary N) is 2. The van der Waals surface area contributed by atoms with Crippen LogP contribution < -0.4 is 15.5 Å². The smallest absolute Gasteiger partial charge is 0.370 e. The van der Waals surface area contributed by atoms with Crippen LogP contribution in [-0.2, 0) is 6.18 Å². The van der Waals surface area contributed by atoms with Gasteiger partial charge in [0.05, 0.1) is 23.0 Å². The van der Waals surface area contributed by atoms with Gasteiger partial charge in [0, 0.05) is 30.5 Å². The van der Waals surface area contributed by atoms with Crippen LogP contribution in [0, 0.1) is 0 Å². The number of rotatable bonds is 5. The molecule has 31 heavy (non-hydrogen) atoms. The summed E-state index contributed by atoms with van der Waals surface area (Å²) < 4.78 is 39.4. The fourth-order valence-electron chi connectivity index (χ4n) is 3.48. The van der Waals surface area contributed by atoms with Crippen molar-refractivity contribution in [2.75, 3.05) is 28.6 Å². The molecular weight excluding hydrogens is 407 g/mol. The summed E-state index contributed by atoms with van der Waals surface area (Å²) in [6.07, 6.45) is -0.558. The highest BCUT2D eigenvalue weighted by atomic mass is 19.4. The van der Waals surface area contributed by atoms with Crippen molar-refractivity contribution in [1.29, 1.82) is 0 Å². The molecule has 1 aromatic heterocycles. The molecule has 1 aliphatic rings. The maximum atomic E-state index is 13.1. The summed E-state index contributed by atoms with van der Waals surface area (Å²) >= 11 is 0. The molecule has 6 nitrogen and oxygen atoms in total. The normalized spacial score (nSPS) is 13.8. The fraction of sp³-hybridized carbons (Fsp3) is 0.227. The predicted molar refractivity (Wildman–Crippen MR) is 113 cm³/mol. The standard InChI is InChI=1S/C22H20F3N5O/c23-22(24,25)19-6-2-1-5-18(19)21(31)28-16-9-7-15(8-10-16)27-20-13-17(14-26-29-20)30-11-3-4-12-30/h1-2,5-10,13-14H,3-4,11-12H2,(H,27,29)(H,28,31). The number of anilines is 4. The van der Waals surface area contributed by atoms with E-state index in [1.54, 1.807) is 30.5 Å². The third-order valence-electron chi connectivity index (χ3n) is 5.00. The minimum absolute atomic E-state index is 0.379. The molecule has 0 atom stereocenters. The van der Waals surface area contributed by atoms with Crippen LogP contribution in [0.4, 0.5) is 36.1 Å². The third-order valence-corrected chi connectivity index (χ3v) is 5.00. The first kappa shape index (κ1) is 20.6. The van der Waals surface area contributed by atoms with E-state index in [2.05, 4.69) is 25.7 Å². The van der Waals surface area contributed by atoms with Gasteiger partial charge in [0.15, 0.2) is 5.82 Å². The van der Waals surface area contributed by atoms with Crippen LogP contribution in [0.5, 0.6) is 0 Å². The molecule has 0 bridgehead atoms. The van der Waals surface area contributed by atoms with Crippen molar-refractivity contribution in [1.82, 2.24) is 10.2 Å². The van der Waals surface area contributed by atoms with Crippen LogP contribution in [0.15, 0.2) is 60.8 Å². The molecule has 9 heteroatoms. The second-order valence-corrected chi connectivity index (χ2v) is 7.19. The van der Waals surface area contributed by atoms with Gasteiger partial charge in [-0.2, -0.15) is 18.3 Å². The Kier molecular flexibility index (Phi) is 5.75. The predicted octanol–water partition coefficient (Wildman–Crippen LogP) is 5.09. The lowest BCUT2D eigenvalue weighted by Gasteiger charge is -2.17. The van der Waals surface area contributed by atoms with Gasteiger partial charge in [-0.15, -0.1) is 5.10 Å². The maximum absolute atomic E-state index is 13.1. The average molecular weight is 427 g/mol. The van der Waals surface area contributed by atoms with Crippen molar-refractivity contribution in [3.63, 3.8) is 0 Å². The molecule has 3 aromatic rings. The molecule has 0 unspecified atom stereocenters. The highest BCUT2D eigenvalue weighted by Crippen LogP contribution is 2.32. The van der Waals surface area contributed by atoms with Gasteiger partial charge in [-0.25, -0.2) is 0 Å². The van der Waals surface area contributed by atoms with Crippen LogP contribution >= 0.6 is 0 Å². The zero-order valence-corrected chi connectivity index (χ0v) is 16.5. The van der Waals surface area contributed by atoms with Crippen LogP contribution in [0.3, 0.4) is 0 Å². The molecule has 1 amide bonds. The van der Waals surface area contributed by atoms with Gasteiger partial charge in [0.25, 0.3) is 5.91 Å². The first-order chi connectivity index (χ1) is 14.9. The number of hydrogen-bond acceptors (Lipinski definition) is 5. The molecule has 1 fully saturated rings. The molecule has 0 saturated carbocycles. The summed E-state index contributed by atoms with van der Waals surface area (Å²) in [6.45, 7) is 1.99. The van der Waals surface area contributed by atoms with Crippen molar-refractivity contribution < 1.29 is 18.0 Å². The molecular formula is C22H20F3N5O. The van der Waals surface area contributed by atoms with Crippen LogP contribution in [0.1, 0.15) is 28.8 Å². The maximum Gasteiger partial charge on any atom is 0.417 e. The average Bonchev–Trinajstić information content (AvgIpc) is 3.30. The second kappa shape index (κ2) is 8.63. The second-order valence-electron chi connectivity index (χ2n) is 7.19. The summed E-state index contributed by atoms with van der Waals surface area (Å²) in [5.41, 5.74) is 0.696. The van der Waals surface area contributed by atoms with Gasteiger partial charge in [0.1, 0.15) is 0 Å². The van der Waals surface area contributed by atoms with E-state index in [-0.39, 0.29) is 0 Å². The Morgan fingerprint density at radius 2 is 1.65 bits per heavy atom. The Hall–Kier alpha value is -3.62. The molecule has 1 saturated heterocycles. The summed E-state index contributed by atoms with van der Waals surface area (Å²) in [7, 11) is 0. The minimum Gasteiger partial charge on any atom is -0.370 e. The Morgan fingerprint density at radius 1 is 0.968 bits per heavy atom. The molecule has 0 spiro atoms. The molecule has 1 aliphatic heterocycles. The third kappa shape index (κ3) is 4.93. The minimum atomic E-state index is -4.60.